The van der Waals surface area contributed by atoms with Crippen LogP contribution in [0.4, 0.5) is 5.69 Å². The second kappa shape index (κ2) is 7.85. The summed E-state index contributed by atoms with van der Waals surface area (Å²) in [6.07, 6.45) is 6.30. The van der Waals surface area contributed by atoms with Crippen LogP contribution >= 0.6 is 0 Å². The van der Waals surface area contributed by atoms with E-state index in [1.807, 2.05) is 18.1 Å². The average molecular weight is 375 g/mol. The van der Waals surface area contributed by atoms with Crippen molar-refractivity contribution in [3.63, 3.8) is 0 Å². The predicted molar refractivity (Wildman–Crippen MR) is 103 cm³/mol. The Balaban J connectivity index is 1.29. The number of morpholine rings is 1. The summed E-state index contributed by atoms with van der Waals surface area (Å²) in [5, 5.41) is 7.56. The van der Waals surface area contributed by atoms with Gasteiger partial charge in [-0.25, -0.2) is 0 Å². The van der Waals surface area contributed by atoms with Gasteiger partial charge in [0.1, 0.15) is 6.54 Å². The lowest BCUT2D eigenvalue weighted by Gasteiger charge is -2.37. The van der Waals surface area contributed by atoms with E-state index >= 15 is 0 Å². The number of rotatable bonds is 3. The van der Waals surface area contributed by atoms with Crippen LogP contribution in [-0.2, 0) is 16.6 Å². The lowest BCUT2D eigenvalue weighted by molar-refractivity contribution is -0.120. The minimum absolute atomic E-state index is 0.0611. The number of nitrogens with zero attached hydrogens (tertiary/aromatic N) is 6. The summed E-state index contributed by atoms with van der Waals surface area (Å²) in [5.41, 5.74) is 0.848. The molecule has 3 saturated heterocycles. The van der Waals surface area contributed by atoms with Gasteiger partial charge >= 0.3 is 0 Å². The summed E-state index contributed by atoms with van der Waals surface area (Å²) in [7, 11) is 3.62. The van der Waals surface area contributed by atoms with Crippen molar-refractivity contribution < 1.29 is 9.53 Å². The average Bonchev–Trinajstić information content (AvgIpc) is 3.30. The molecule has 0 aliphatic carbocycles. The predicted octanol–water partition coefficient (Wildman–Crippen LogP) is -0.493. The van der Waals surface area contributed by atoms with E-state index in [2.05, 4.69) is 20.3 Å². The molecule has 2 unspecified atom stereocenters. The largest absolute Gasteiger partial charge is 0.373 e. The number of carbonyl (C=O) groups is 1. The third-order valence-electron chi connectivity index (χ3n) is 5.68. The Morgan fingerprint density at radius 1 is 1.41 bits per heavy atom. The Bertz CT molecular complexity index is 704. The van der Waals surface area contributed by atoms with Crippen LogP contribution in [0.25, 0.3) is 0 Å². The first-order chi connectivity index (χ1) is 13.1. The van der Waals surface area contributed by atoms with Gasteiger partial charge in [0.05, 0.1) is 24.6 Å². The van der Waals surface area contributed by atoms with Crippen molar-refractivity contribution in [2.24, 2.45) is 12.0 Å². The molecule has 4 heterocycles. The molecule has 3 fully saturated rings. The number of hydrogen-bond acceptors (Lipinski definition) is 5. The van der Waals surface area contributed by atoms with Crippen molar-refractivity contribution >= 4 is 17.6 Å². The van der Waals surface area contributed by atoms with Gasteiger partial charge < -0.3 is 19.9 Å². The van der Waals surface area contributed by atoms with E-state index in [-0.39, 0.29) is 12.0 Å². The van der Waals surface area contributed by atoms with Crippen molar-refractivity contribution in [1.29, 1.82) is 0 Å². The highest BCUT2D eigenvalue weighted by Crippen LogP contribution is 2.22. The van der Waals surface area contributed by atoms with Crippen LogP contribution in [0.15, 0.2) is 17.4 Å². The molecule has 3 aliphatic heterocycles. The maximum Gasteiger partial charge on any atom is 0.246 e. The minimum atomic E-state index is 0.0611. The van der Waals surface area contributed by atoms with Gasteiger partial charge in [0.2, 0.25) is 5.91 Å². The molecule has 1 aromatic rings. The number of anilines is 1. The number of guanidine groups is 1. The summed E-state index contributed by atoms with van der Waals surface area (Å²) in [6, 6.07) is 0.610. The Hall–Kier alpha value is -2.13. The first-order valence-corrected chi connectivity index (χ1v) is 9.74. The highest BCUT2D eigenvalue weighted by atomic mass is 16.5. The van der Waals surface area contributed by atoms with Gasteiger partial charge in [-0.3, -0.25) is 19.4 Å². The molecule has 0 saturated carbocycles. The molecule has 2 atom stereocenters. The first kappa shape index (κ1) is 18.2. The van der Waals surface area contributed by atoms with Gasteiger partial charge in [0, 0.05) is 52.5 Å². The molecule has 148 valence electrons. The Morgan fingerprint density at radius 3 is 3.04 bits per heavy atom. The van der Waals surface area contributed by atoms with E-state index < -0.39 is 0 Å². The van der Waals surface area contributed by atoms with Crippen LogP contribution in [0.2, 0.25) is 0 Å². The van der Waals surface area contributed by atoms with E-state index in [1.165, 1.54) is 19.4 Å². The second-order valence-corrected chi connectivity index (χ2v) is 7.51. The number of aromatic nitrogens is 2. The maximum absolute atomic E-state index is 12.6. The van der Waals surface area contributed by atoms with Gasteiger partial charge in [-0.05, 0) is 19.4 Å². The molecule has 9 heteroatoms. The van der Waals surface area contributed by atoms with E-state index in [1.54, 1.807) is 22.8 Å². The van der Waals surface area contributed by atoms with E-state index in [0.717, 1.165) is 31.3 Å². The molecular formula is C18H29N7O2. The number of carbonyl (C=O) groups excluding carboxylic acids is 1. The zero-order valence-electron chi connectivity index (χ0n) is 16.2. The monoisotopic (exact) mass is 375 g/mol. The standard InChI is InChI=1S/C18H29N7O2/c1-19-18(20-9-16-11-23-5-3-4-14(23)13-27-16)24-6-7-25(17(26)12-24)15-8-21-22(2)10-15/h8,10,14,16H,3-7,9,11-13H2,1-2H3,(H,19,20). The maximum atomic E-state index is 12.6. The van der Waals surface area contributed by atoms with Crippen LogP contribution in [-0.4, -0.2) is 96.5 Å². The fraction of sp³-hybridized carbons (Fsp3) is 0.722. The topological polar surface area (TPSA) is 78.2 Å². The van der Waals surface area contributed by atoms with Crippen LogP contribution in [0, 0.1) is 0 Å². The fourth-order valence-electron chi connectivity index (χ4n) is 4.22. The number of hydrogen-bond donors (Lipinski definition) is 1. The van der Waals surface area contributed by atoms with Crippen molar-refractivity contribution in [2.45, 2.75) is 25.0 Å². The smallest absolute Gasteiger partial charge is 0.246 e. The number of piperazine rings is 1. The van der Waals surface area contributed by atoms with Gasteiger partial charge in [0.25, 0.3) is 0 Å². The van der Waals surface area contributed by atoms with Crippen molar-refractivity contribution in [3.8, 4) is 0 Å². The van der Waals surface area contributed by atoms with Crippen molar-refractivity contribution in [3.05, 3.63) is 12.4 Å². The van der Waals surface area contributed by atoms with Gasteiger partial charge in [-0.1, -0.05) is 0 Å². The van der Waals surface area contributed by atoms with Crippen LogP contribution < -0.4 is 10.2 Å². The molecule has 9 nitrogen and oxygen atoms in total. The van der Waals surface area contributed by atoms with Crippen LogP contribution in [0.1, 0.15) is 12.8 Å². The Kier molecular flexibility index (Phi) is 5.31. The minimum Gasteiger partial charge on any atom is -0.373 e. The van der Waals surface area contributed by atoms with Crippen molar-refractivity contribution in [2.75, 3.05) is 57.8 Å². The fourth-order valence-corrected chi connectivity index (χ4v) is 4.22. The van der Waals surface area contributed by atoms with Crippen molar-refractivity contribution in [1.82, 2.24) is 24.9 Å². The Morgan fingerprint density at radius 2 is 2.30 bits per heavy atom. The van der Waals surface area contributed by atoms with Gasteiger partial charge in [-0.2, -0.15) is 5.10 Å². The van der Waals surface area contributed by atoms with Crippen LogP contribution in [0.3, 0.4) is 0 Å². The molecule has 0 bridgehead atoms. The quantitative estimate of drug-likeness (QED) is 0.567. The third kappa shape index (κ3) is 3.93. The van der Waals surface area contributed by atoms with Gasteiger partial charge in [0.15, 0.2) is 5.96 Å². The highest BCUT2D eigenvalue weighted by molar-refractivity contribution is 5.98. The molecule has 0 spiro atoms. The zero-order valence-corrected chi connectivity index (χ0v) is 16.2. The Labute approximate surface area is 159 Å². The number of aryl methyl sites for hydroxylation is 1. The lowest BCUT2D eigenvalue weighted by Crippen LogP contribution is -2.57. The molecule has 1 aromatic heterocycles. The highest BCUT2D eigenvalue weighted by Gasteiger charge is 2.33. The number of amides is 1. The van der Waals surface area contributed by atoms with E-state index in [4.69, 9.17) is 4.74 Å². The summed E-state index contributed by atoms with van der Waals surface area (Å²) >= 11 is 0. The third-order valence-corrected chi connectivity index (χ3v) is 5.68. The number of fused-ring (bicyclic) bond motifs is 1. The summed E-state index contributed by atoms with van der Waals surface area (Å²) < 4.78 is 7.72. The normalized spacial score (nSPS) is 27.2. The van der Waals surface area contributed by atoms with Crippen LogP contribution in [0.5, 0.6) is 0 Å². The molecule has 0 radical (unpaired) electrons. The number of ether oxygens (including phenoxy) is 1. The number of aliphatic imine (C=N–C) groups is 1. The molecule has 4 rings (SSSR count). The first-order valence-electron chi connectivity index (χ1n) is 9.74. The van der Waals surface area contributed by atoms with Gasteiger partial charge in [-0.15, -0.1) is 0 Å². The summed E-state index contributed by atoms with van der Waals surface area (Å²) in [5.74, 6) is 0.826. The molecule has 1 amide bonds. The van der Waals surface area contributed by atoms with E-state index in [0.29, 0.717) is 25.7 Å². The molecule has 0 aromatic carbocycles. The summed E-state index contributed by atoms with van der Waals surface area (Å²) in [4.78, 5) is 23.3. The molecule has 3 aliphatic rings. The molecule has 27 heavy (non-hydrogen) atoms. The SMILES string of the molecule is CN=C(NCC1CN2CCCC2CO1)N1CCN(c2cnn(C)c2)C(=O)C1. The molecular weight excluding hydrogens is 346 g/mol. The zero-order chi connectivity index (χ0) is 18.8. The molecule has 1 N–H and O–H groups in total. The second-order valence-electron chi connectivity index (χ2n) is 7.51. The summed E-state index contributed by atoms with van der Waals surface area (Å²) in [6.45, 7) is 5.38. The van der Waals surface area contributed by atoms with E-state index in [9.17, 15) is 4.79 Å². The lowest BCUT2D eigenvalue weighted by atomic mass is 10.2. The number of nitrogens with one attached hydrogen (secondary N) is 1.